The Balaban J connectivity index is 2.22. The quantitative estimate of drug-likeness (QED) is 0.552. The molecule has 0 aromatic heterocycles. The predicted octanol–water partition coefficient (Wildman–Crippen LogP) is 0.831. The van der Waals surface area contributed by atoms with E-state index in [9.17, 15) is 4.79 Å². The number of primary amides is 1. The minimum Gasteiger partial charge on any atom is -0.385 e. The molecule has 6 heteroatoms. The molecule has 1 amide bonds. The number of hydrogen-bond donors (Lipinski definition) is 2. The number of methoxy groups -OCH3 is 1. The number of nitrogens with two attached hydrogens (primary N) is 1. The molecule has 3 N–H and O–H groups in total. The Bertz CT molecular complexity index is 312. The Kier molecular flexibility index (Phi) is 8.18. The topological polar surface area (TPSA) is 82.8 Å². The van der Waals surface area contributed by atoms with Crippen LogP contribution in [-0.2, 0) is 19.0 Å². The predicted molar refractivity (Wildman–Crippen MR) is 81.1 cm³/mol. The molecule has 0 radical (unpaired) electrons. The highest BCUT2D eigenvalue weighted by atomic mass is 16.5. The number of amides is 1. The van der Waals surface area contributed by atoms with Crippen molar-refractivity contribution in [2.24, 2.45) is 5.73 Å². The Morgan fingerprint density at radius 2 is 2.10 bits per heavy atom. The summed E-state index contributed by atoms with van der Waals surface area (Å²) < 4.78 is 16.2. The van der Waals surface area contributed by atoms with Crippen molar-refractivity contribution in [1.82, 2.24) is 5.32 Å². The minimum atomic E-state index is -0.613. The average molecular weight is 302 g/mol. The van der Waals surface area contributed by atoms with Crippen molar-refractivity contribution in [2.75, 3.05) is 33.5 Å². The maximum Gasteiger partial charge on any atom is 0.237 e. The summed E-state index contributed by atoms with van der Waals surface area (Å²) in [7, 11) is 1.68. The summed E-state index contributed by atoms with van der Waals surface area (Å²) in [6, 6.07) is 0.223. The zero-order valence-electron chi connectivity index (χ0n) is 13.5. The second-order valence-electron chi connectivity index (χ2n) is 5.94. The van der Waals surface area contributed by atoms with Crippen LogP contribution in [0.4, 0.5) is 0 Å². The SMILES string of the molecule is COCCCOCCOC1CCC(NC(C)C)(C(N)=O)C1. The first-order valence-corrected chi connectivity index (χ1v) is 7.76. The Morgan fingerprint density at radius 3 is 2.71 bits per heavy atom. The smallest absolute Gasteiger partial charge is 0.237 e. The Morgan fingerprint density at radius 1 is 1.33 bits per heavy atom. The highest BCUT2D eigenvalue weighted by Crippen LogP contribution is 2.32. The van der Waals surface area contributed by atoms with E-state index in [-0.39, 0.29) is 18.1 Å². The maximum absolute atomic E-state index is 11.7. The third-order valence-corrected chi connectivity index (χ3v) is 3.72. The zero-order valence-corrected chi connectivity index (χ0v) is 13.5. The molecule has 0 bridgehead atoms. The molecule has 0 aliphatic heterocycles. The van der Waals surface area contributed by atoms with E-state index >= 15 is 0 Å². The van der Waals surface area contributed by atoms with E-state index in [0.29, 0.717) is 32.8 Å². The van der Waals surface area contributed by atoms with E-state index in [2.05, 4.69) is 5.32 Å². The molecule has 124 valence electrons. The van der Waals surface area contributed by atoms with Crippen LogP contribution in [0.5, 0.6) is 0 Å². The standard InChI is InChI=1S/C15H30N2O4/c1-12(2)17-15(14(16)18)6-5-13(11-15)21-10-9-20-8-4-7-19-3/h12-13,17H,4-11H2,1-3H3,(H2,16,18). The summed E-state index contributed by atoms with van der Waals surface area (Å²) in [6.45, 7) is 6.56. The Hall–Kier alpha value is -0.690. The average Bonchev–Trinajstić information content (AvgIpc) is 2.81. The van der Waals surface area contributed by atoms with Gasteiger partial charge in [0.25, 0.3) is 0 Å². The fourth-order valence-corrected chi connectivity index (χ4v) is 2.80. The molecular formula is C15H30N2O4. The summed E-state index contributed by atoms with van der Waals surface area (Å²) >= 11 is 0. The summed E-state index contributed by atoms with van der Waals surface area (Å²) in [5, 5.41) is 3.31. The molecule has 21 heavy (non-hydrogen) atoms. The molecule has 0 aromatic rings. The van der Waals surface area contributed by atoms with Crippen LogP contribution in [0.3, 0.4) is 0 Å². The molecule has 0 spiro atoms. The molecular weight excluding hydrogens is 272 g/mol. The number of rotatable bonds is 11. The van der Waals surface area contributed by atoms with Crippen LogP contribution in [0, 0.1) is 0 Å². The van der Waals surface area contributed by atoms with E-state index in [1.807, 2.05) is 13.8 Å². The van der Waals surface area contributed by atoms with Gasteiger partial charge in [0, 0.05) is 32.8 Å². The summed E-state index contributed by atoms with van der Waals surface area (Å²) in [4.78, 5) is 11.7. The van der Waals surface area contributed by atoms with Gasteiger partial charge in [-0.1, -0.05) is 0 Å². The number of carbonyl (C=O) groups excluding carboxylic acids is 1. The zero-order chi connectivity index (χ0) is 15.7. The highest BCUT2D eigenvalue weighted by molar-refractivity contribution is 5.85. The van der Waals surface area contributed by atoms with Crippen molar-refractivity contribution in [3.63, 3.8) is 0 Å². The minimum absolute atomic E-state index is 0.0753. The fourth-order valence-electron chi connectivity index (χ4n) is 2.80. The lowest BCUT2D eigenvalue weighted by Gasteiger charge is -2.29. The van der Waals surface area contributed by atoms with E-state index in [1.54, 1.807) is 7.11 Å². The van der Waals surface area contributed by atoms with Crippen molar-refractivity contribution >= 4 is 5.91 Å². The van der Waals surface area contributed by atoms with Gasteiger partial charge in [-0.3, -0.25) is 4.79 Å². The van der Waals surface area contributed by atoms with Gasteiger partial charge in [-0.15, -0.1) is 0 Å². The molecule has 6 nitrogen and oxygen atoms in total. The van der Waals surface area contributed by atoms with E-state index in [0.717, 1.165) is 19.3 Å². The van der Waals surface area contributed by atoms with E-state index in [4.69, 9.17) is 19.9 Å². The number of ether oxygens (including phenoxy) is 3. The molecule has 1 rings (SSSR count). The number of hydrogen-bond acceptors (Lipinski definition) is 5. The molecule has 1 aliphatic rings. The molecule has 1 saturated carbocycles. The summed E-state index contributed by atoms with van der Waals surface area (Å²) in [5.74, 6) is -0.280. The molecule has 1 fully saturated rings. The third-order valence-electron chi connectivity index (χ3n) is 3.72. The first-order chi connectivity index (χ1) is 10.00. The van der Waals surface area contributed by atoms with Gasteiger partial charge >= 0.3 is 0 Å². The fraction of sp³-hybridized carbons (Fsp3) is 0.933. The van der Waals surface area contributed by atoms with Gasteiger partial charge in [-0.25, -0.2) is 0 Å². The molecule has 0 saturated heterocycles. The van der Waals surface area contributed by atoms with Crippen LogP contribution in [0.25, 0.3) is 0 Å². The summed E-state index contributed by atoms with van der Waals surface area (Å²) in [6.07, 6.45) is 3.20. The summed E-state index contributed by atoms with van der Waals surface area (Å²) in [5.41, 5.74) is 4.96. The second kappa shape index (κ2) is 9.35. The molecule has 0 heterocycles. The lowest BCUT2D eigenvalue weighted by molar-refractivity contribution is -0.125. The number of carbonyl (C=O) groups is 1. The Labute approximate surface area is 127 Å². The van der Waals surface area contributed by atoms with Gasteiger partial charge in [0.2, 0.25) is 5.91 Å². The second-order valence-corrected chi connectivity index (χ2v) is 5.94. The molecule has 0 aromatic carbocycles. The van der Waals surface area contributed by atoms with Crippen LogP contribution in [0.2, 0.25) is 0 Å². The van der Waals surface area contributed by atoms with Gasteiger partial charge in [0.1, 0.15) is 5.54 Å². The van der Waals surface area contributed by atoms with Crippen molar-refractivity contribution in [2.45, 2.75) is 57.2 Å². The van der Waals surface area contributed by atoms with Crippen LogP contribution >= 0.6 is 0 Å². The highest BCUT2D eigenvalue weighted by Gasteiger charge is 2.44. The van der Waals surface area contributed by atoms with Gasteiger partial charge < -0.3 is 25.3 Å². The van der Waals surface area contributed by atoms with Crippen LogP contribution in [-0.4, -0.2) is 57.1 Å². The molecule has 1 aliphatic carbocycles. The normalized spacial score (nSPS) is 25.6. The largest absolute Gasteiger partial charge is 0.385 e. The van der Waals surface area contributed by atoms with Gasteiger partial charge in [0.05, 0.1) is 19.3 Å². The van der Waals surface area contributed by atoms with Crippen molar-refractivity contribution in [3.05, 3.63) is 0 Å². The van der Waals surface area contributed by atoms with Gasteiger partial charge in [-0.2, -0.15) is 0 Å². The number of nitrogens with one attached hydrogen (secondary N) is 1. The molecule has 2 atom stereocenters. The monoisotopic (exact) mass is 302 g/mol. The lowest BCUT2D eigenvalue weighted by atomic mass is 9.95. The van der Waals surface area contributed by atoms with Crippen LogP contribution in [0.1, 0.15) is 39.5 Å². The maximum atomic E-state index is 11.7. The van der Waals surface area contributed by atoms with Crippen LogP contribution < -0.4 is 11.1 Å². The lowest BCUT2D eigenvalue weighted by Crippen LogP contribution is -2.56. The van der Waals surface area contributed by atoms with Crippen molar-refractivity contribution in [3.8, 4) is 0 Å². The first-order valence-electron chi connectivity index (χ1n) is 7.76. The van der Waals surface area contributed by atoms with Crippen LogP contribution in [0.15, 0.2) is 0 Å². The molecule has 2 unspecified atom stereocenters. The van der Waals surface area contributed by atoms with Gasteiger partial charge in [0.15, 0.2) is 0 Å². The third kappa shape index (κ3) is 6.30. The first kappa shape index (κ1) is 18.4. The van der Waals surface area contributed by atoms with E-state index in [1.165, 1.54) is 0 Å². The van der Waals surface area contributed by atoms with E-state index < -0.39 is 5.54 Å². The van der Waals surface area contributed by atoms with Crippen molar-refractivity contribution in [1.29, 1.82) is 0 Å². The van der Waals surface area contributed by atoms with Gasteiger partial charge in [-0.05, 0) is 33.1 Å². The van der Waals surface area contributed by atoms with Crippen molar-refractivity contribution < 1.29 is 19.0 Å².